The Morgan fingerprint density at radius 2 is 2.25 bits per heavy atom. The van der Waals surface area contributed by atoms with Gasteiger partial charge in [-0.05, 0) is 36.9 Å². The van der Waals surface area contributed by atoms with Crippen molar-refractivity contribution < 1.29 is 0 Å². The summed E-state index contributed by atoms with van der Waals surface area (Å²) in [6, 6.07) is 6.32. The van der Waals surface area contributed by atoms with Crippen LogP contribution in [0.5, 0.6) is 0 Å². The third kappa shape index (κ3) is 2.51. The van der Waals surface area contributed by atoms with Gasteiger partial charge < -0.3 is 5.73 Å². The van der Waals surface area contributed by atoms with Crippen molar-refractivity contribution in [2.75, 3.05) is 12.8 Å². The Hall–Kier alpha value is 0.01000. The number of halogens is 1. The Balaban J connectivity index is 2.94. The van der Waals surface area contributed by atoms with E-state index in [2.05, 4.69) is 40.4 Å². The monoisotopic (exact) mass is 245 g/mol. The average Bonchev–Trinajstić information content (AvgIpc) is 2.08. The molecule has 0 amide bonds. The van der Waals surface area contributed by atoms with Crippen LogP contribution in [0.2, 0.25) is 0 Å². The number of thioether (sulfide) groups is 1. The Morgan fingerprint density at radius 1 is 1.50 bits per heavy atom. The molecule has 2 N–H and O–H groups in total. The minimum absolute atomic E-state index is 0.717. The molecule has 1 nitrogen and oxygen atoms in total. The van der Waals surface area contributed by atoms with Crippen LogP contribution >= 0.6 is 27.7 Å². The first-order valence-corrected chi connectivity index (χ1v) is 5.82. The maximum Gasteiger partial charge on any atom is 0.0186 e. The minimum atomic E-state index is 0.717. The second-order valence-corrected chi connectivity index (χ2v) is 4.26. The fourth-order valence-corrected chi connectivity index (χ4v) is 2.27. The smallest absolute Gasteiger partial charge is 0.0186 e. The molecule has 1 aromatic carbocycles. The standard InChI is InChI=1S/C9H12BrNS/c1-12-9-6-8(10)3-2-7(9)4-5-11/h2-3,6H,4-5,11H2,1H3. The van der Waals surface area contributed by atoms with E-state index < -0.39 is 0 Å². The lowest BCUT2D eigenvalue weighted by atomic mass is 10.1. The summed E-state index contributed by atoms with van der Waals surface area (Å²) in [6.45, 7) is 0.717. The number of hydrogen-bond donors (Lipinski definition) is 1. The molecule has 66 valence electrons. The summed E-state index contributed by atoms with van der Waals surface area (Å²) >= 11 is 5.21. The zero-order valence-electron chi connectivity index (χ0n) is 7.01. The lowest BCUT2D eigenvalue weighted by molar-refractivity contribution is 0.944. The van der Waals surface area contributed by atoms with Gasteiger partial charge in [-0.2, -0.15) is 0 Å². The third-order valence-electron chi connectivity index (χ3n) is 1.66. The van der Waals surface area contributed by atoms with Gasteiger partial charge in [-0.25, -0.2) is 0 Å². The van der Waals surface area contributed by atoms with E-state index in [4.69, 9.17) is 5.73 Å². The molecule has 0 aromatic heterocycles. The van der Waals surface area contributed by atoms with Gasteiger partial charge in [0, 0.05) is 9.37 Å². The number of rotatable bonds is 3. The van der Waals surface area contributed by atoms with E-state index >= 15 is 0 Å². The van der Waals surface area contributed by atoms with E-state index in [1.165, 1.54) is 10.5 Å². The van der Waals surface area contributed by atoms with Crippen molar-refractivity contribution >= 4 is 27.7 Å². The SMILES string of the molecule is CSc1cc(Br)ccc1CCN. The molecule has 0 unspecified atom stereocenters. The van der Waals surface area contributed by atoms with E-state index in [0.29, 0.717) is 0 Å². The van der Waals surface area contributed by atoms with Gasteiger partial charge in [-0.3, -0.25) is 0 Å². The first-order valence-electron chi connectivity index (χ1n) is 3.80. The Morgan fingerprint density at radius 3 is 2.83 bits per heavy atom. The van der Waals surface area contributed by atoms with Gasteiger partial charge in [0.25, 0.3) is 0 Å². The fourth-order valence-electron chi connectivity index (χ4n) is 1.08. The number of hydrogen-bond acceptors (Lipinski definition) is 2. The zero-order valence-corrected chi connectivity index (χ0v) is 9.41. The molecule has 1 rings (SSSR count). The van der Waals surface area contributed by atoms with Gasteiger partial charge in [-0.1, -0.05) is 22.0 Å². The van der Waals surface area contributed by atoms with Crippen LogP contribution in [-0.2, 0) is 6.42 Å². The molecule has 0 aliphatic rings. The van der Waals surface area contributed by atoms with Crippen LogP contribution in [0.15, 0.2) is 27.6 Å². The van der Waals surface area contributed by atoms with Crippen molar-refractivity contribution in [2.45, 2.75) is 11.3 Å². The topological polar surface area (TPSA) is 26.0 Å². The summed E-state index contributed by atoms with van der Waals surface area (Å²) in [5.41, 5.74) is 6.84. The Labute approximate surface area is 85.9 Å². The molecular weight excluding hydrogens is 234 g/mol. The molecule has 0 saturated carbocycles. The highest BCUT2D eigenvalue weighted by Gasteiger charge is 2.00. The van der Waals surface area contributed by atoms with E-state index in [1.54, 1.807) is 11.8 Å². The highest BCUT2D eigenvalue weighted by Crippen LogP contribution is 2.24. The molecule has 3 heteroatoms. The lowest BCUT2D eigenvalue weighted by Gasteiger charge is -2.05. The molecule has 12 heavy (non-hydrogen) atoms. The van der Waals surface area contributed by atoms with E-state index in [0.717, 1.165) is 17.4 Å². The van der Waals surface area contributed by atoms with Gasteiger partial charge in [0.2, 0.25) is 0 Å². The third-order valence-corrected chi connectivity index (χ3v) is 2.98. The van der Waals surface area contributed by atoms with E-state index in [-0.39, 0.29) is 0 Å². The molecule has 0 radical (unpaired) electrons. The average molecular weight is 246 g/mol. The van der Waals surface area contributed by atoms with Crippen molar-refractivity contribution in [3.63, 3.8) is 0 Å². The van der Waals surface area contributed by atoms with Gasteiger partial charge >= 0.3 is 0 Å². The van der Waals surface area contributed by atoms with Gasteiger partial charge in [0.15, 0.2) is 0 Å². The van der Waals surface area contributed by atoms with Crippen LogP contribution in [0.3, 0.4) is 0 Å². The number of nitrogens with two attached hydrogens (primary N) is 1. The first kappa shape index (κ1) is 10.1. The van der Waals surface area contributed by atoms with Crippen molar-refractivity contribution in [2.24, 2.45) is 5.73 Å². The molecule has 0 aliphatic heterocycles. The van der Waals surface area contributed by atoms with Gasteiger partial charge in [-0.15, -0.1) is 11.8 Å². The summed E-state index contributed by atoms with van der Waals surface area (Å²) in [5.74, 6) is 0. The maximum atomic E-state index is 5.50. The van der Waals surface area contributed by atoms with Crippen molar-refractivity contribution in [3.05, 3.63) is 28.2 Å². The van der Waals surface area contributed by atoms with Crippen molar-refractivity contribution in [1.29, 1.82) is 0 Å². The largest absolute Gasteiger partial charge is 0.330 e. The number of benzene rings is 1. The summed E-state index contributed by atoms with van der Waals surface area (Å²) in [7, 11) is 0. The van der Waals surface area contributed by atoms with Crippen LogP contribution < -0.4 is 5.73 Å². The maximum absolute atomic E-state index is 5.50. The molecule has 0 fully saturated rings. The normalized spacial score (nSPS) is 10.2. The van der Waals surface area contributed by atoms with Gasteiger partial charge in [0.05, 0.1) is 0 Å². The quantitative estimate of drug-likeness (QED) is 0.830. The molecule has 0 spiro atoms. The van der Waals surface area contributed by atoms with Gasteiger partial charge in [0.1, 0.15) is 0 Å². The molecule has 1 aromatic rings. The summed E-state index contributed by atoms with van der Waals surface area (Å²) in [6.07, 6.45) is 3.05. The first-order chi connectivity index (χ1) is 5.77. The second-order valence-electron chi connectivity index (χ2n) is 2.49. The van der Waals surface area contributed by atoms with Crippen LogP contribution in [0, 0.1) is 0 Å². The summed E-state index contributed by atoms with van der Waals surface area (Å²) in [5, 5.41) is 0. The van der Waals surface area contributed by atoms with Crippen LogP contribution in [0.4, 0.5) is 0 Å². The Bertz CT molecular complexity index is 263. The highest BCUT2D eigenvalue weighted by molar-refractivity contribution is 9.10. The molecule has 0 saturated heterocycles. The molecule has 0 aliphatic carbocycles. The predicted octanol–water partition coefficient (Wildman–Crippen LogP) is 2.67. The lowest BCUT2D eigenvalue weighted by Crippen LogP contribution is -2.03. The summed E-state index contributed by atoms with van der Waals surface area (Å²) < 4.78 is 1.13. The second kappa shape index (κ2) is 4.90. The summed E-state index contributed by atoms with van der Waals surface area (Å²) in [4.78, 5) is 1.31. The highest BCUT2D eigenvalue weighted by atomic mass is 79.9. The molecule has 0 bridgehead atoms. The van der Waals surface area contributed by atoms with Crippen LogP contribution in [0.25, 0.3) is 0 Å². The molecule has 0 heterocycles. The van der Waals surface area contributed by atoms with Crippen molar-refractivity contribution in [1.82, 2.24) is 0 Å². The van der Waals surface area contributed by atoms with Crippen molar-refractivity contribution in [3.8, 4) is 0 Å². The van der Waals surface area contributed by atoms with Crippen LogP contribution in [0.1, 0.15) is 5.56 Å². The minimum Gasteiger partial charge on any atom is -0.330 e. The Kier molecular flexibility index (Phi) is 4.12. The molecular formula is C9H12BrNS. The zero-order chi connectivity index (χ0) is 8.97. The predicted molar refractivity (Wildman–Crippen MR) is 58.7 cm³/mol. The fraction of sp³-hybridized carbons (Fsp3) is 0.333. The molecule has 0 atom stereocenters. The van der Waals surface area contributed by atoms with E-state index in [1.807, 2.05) is 0 Å². The van der Waals surface area contributed by atoms with E-state index in [9.17, 15) is 0 Å². The van der Waals surface area contributed by atoms with Crippen LogP contribution in [-0.4, -0.2) is 12.8 Å².